The Hall–Kier alpha value is -2.67. The van der Waals surface area contributed by atoms with Crippen LogP contribution in [-0.4, -0.2) is 57.9 Å². The number of ether oxygens (including phenoxy) is 1. The summed E-state index contributed by atoms with van der Waals surface area (Å²) < 4.78 is 5.39. The van der Waals surface area contributed by atoms with Gasteiger partial charge in [0.05, 0.1) is 24.8 Å². The van der Waals surface area contributed by atoms with Crippen LogP contribution in [0.2, 0.25) is 0 Å². The molecule has 1 aliphatic heterocycles. The van der Waals surface area contributed by atoms with Crippen molar-refractivity contribution in [3.63, 3.8) is 0 Å². The standard InChI is InChI=1S/C17H19N3O4/c1-11-2-4-12(5-3-11)14-9-15(19-18-14)17(23)20-6-7-24-13(10-20)8-16(21)22/h2-5,9,13H,6-8,10H2,1H3,(H,18,19)(H,21,22). The molecule has 0 spiro atoms. The zero-order valence-corrected chi connectivity index (χ0v) is 13.4. The lowest BCUT2D eigenvalue weighted by Crippen LogP contribution is -2.46. The van der Waals surface area contributed by atoms with Crippen molar-refractivity contribution in [2.75, 3.05) is 19.7 Å². The first-order valence-corrected chi connectivity index (χ1v) is 7.78. The molecule has 0 bridgehead atoms. The second-order valence-electron chi connectivity index (χ2n) is 5.87. The number of nitrogens with one attached hydrogen (secondary N) is 1. The average Bonchev–Trinajstić information content (AvgIpc) is 3.04. The van der Waals surface area contributed by atoms with Gasteiger partial charge in [-0.3, -0.25) is 14.7 Å². The van der Waals surface area contributed by atoms with Gasteiger partial charge in [-0.2, -0.15) is 5.10 Å². The number of H-pyrrole nitrogens is 1. The molecular formula is C17H19N3O4. The maximum absolute atomic E-state index is 12.6. The molecule has 7 nitrogen and oxygen atoms in total. The van der Waals surface area contributed by atoms with Gasteiger partial charge in [-0.15, -0.1) is 0 Å². The van der Waals surface area contributed by atoms with Crippen LogP contribution in [0.1, 0.15) is 22.5 Å². The number of nitrogens with zero attached hydrogens (tertiary/aromatic N) is 2. The van der Waals surface area contributed by atoms with E-state index < -0.39 is 12.1 Å². The highest BCUT2D eigenvalue weighted by molar-refractivity contribution is 5.93. The van der Waals surface area contributed by atoms with Crippen LogP contribution in [0.3, 0.4) is 0 Å². The molecule has 0 aliphatic carbocycles. The smallest absolute Gasteiger partial charge is 0.306 e. The molecule has 1 aromatic carbocycles. The van der Waals surface area contributed by atoms with Gasteiger partial charge in [0.15, 0.2) is 0 Å². The van der Waals surface area contributed by atoms with Gasteiger partial charge in [-0.05, 0) is 13.0 Å². The van der Waals surface area contributed by atoms with Crippen LogP contribution in [0, 0.1) is 6.92 Å². The Balaban J connectivity index is 1.71. The third-order valence-electron chi connectivity index (χ3n) is 3.98. The number of hydrogen-bond donors (Lipinski definition) is 2. The zero-order valence-electron chi connectivity index (χ0n) is 13.4. The Morgan fingerprint density at radius 2 is 2.12 bits per heavy atom. The summed E-state index contributed by atoms with van der Waals surface area (Å²) in [5.74, 6) is -1.13. The minimum atomic E-state index is -0.933. The monoisotopic (exact) mass is 329 g/mol. The molecule has 1 amide bonds. The molecule has 0 radical (unpaired) electrons. The van der Waals surface area contributed by atoms with Crippen LogP contribution in [0.15, 0.2) is 30.3 Å². The SMILES string of the molecule is Cc1ccc(-c2cc(C(=O)N3CCOC(CC(=O)O)C3)[nH]n2)cc1. The van der Waals surface area contributed by atoms with E-state index in [0.29, 0.717) is 24.5 Å². The number of hydrogen-bond acceptors (Lipinski definition) is 4. The number of carbonyl (C=O) groups excluding carboxylic acids is 1. The second kappa shape index (κ2) is 6.84. The molecule has 1 unspecified atom stereocenters. The van der Waals surface area contributed by atoms with Gasteiger partial charge in [-0.25, -0.2) is 0 Å². The van der Waals surface area contributed by atoms with E-state index in [2.05, 4.69) is 10.2 Å². The molecule has 1 saturated heterocycles. The fraction of sp³-hybridized carbons (Fsp3) is 0.353. The quantitative estimate of drug-likeness (QED) is 0.890. The van der Waals surface area contributed by atoms with Crippen molar-refractivity contribution in [3.8, 4) is 11.3 Å². The summed E-state index contributed by atoms with van der Waals surface area (Å²) in [6, 6.07) is 9.61. The van der Waals surface area contributed by atoms with E-state index in [1.165, 1.54) is 0 Å². The van der Waals surface area contributed by atoms with Gasteiger partial charge in [0.25, 0.3) is 5.91 Å². The molecule has 7 heteroatoms. The molecule has 2 heterocycles. The lowest BCUT2D eigenvalue weighted by Gasteiger charge is -2.31. The highest BCUT2D eigenvalue weighted by Crippen LogP contribution is 2.19. The van der Waals surface area contributed by atoms with Crippen molar-refractivity contribution in [1.29, 1.82) is 0 Å². The summed E-state index contributed by atoms with van der Waals surface area (Å²) in [4.78, 5) is 25.0. The summed E-state index contributed by atoms with van der Waals surface area (Å²) in [7, 11) is 0. The molecule has 24 heavy (non-hydrogen) atoms. The molecule has 2 aromatic rings. The number of carboxylic acids is 1. The number of carboxylic acid groups (broad SMARTS) is 1. The number of benzene rings is 1. The predicted molar refractivity (Wildman–Crippen MR) is 86.7 cm³/mol. The van der Waals surface area contributed by atoms with Gasteiger partial charge in [0, 0.05) is 18.7 Å². The van der Waals surface area contributed by atoms with E-state index in [4.69, 9.17) is 9.84 Å². The molecule has 1 fully saturated rings. The minimum Gasteiger partial charge on any atom is -0.481 e. The van der Waals surface area contributed by atoms with Gasteiger partial charge >= 0.3 is 5.97 Å². The molecule has 1 aliphatic rings. The fourth-order valence-corrected chi connectivity index (χ4v) is 2.70. The van der Waals surface area contributed by atoms with Crippen LogP contribution >= 0.6 is 0 Å². The summed E-state index contributed by atoms with van der Waals surface area (Å²) in [5, 5.41) is 15.8. The number of rotatable bonds is 4. The lowest BCUT2D eigenvalue weighted by atomic mass is 10.1. The summed E-state index contributed by atoms with van der Waals surface area (Å²) >= 11 is 0. The van der Waals surface area contributed by atoms with Crippen molar-refractivity contribution in [2.45, 2.75) is 19.4 Å². The fourth-order valence-electron chi connectivity index (χ4n) is 2.70. The summed E-state index contributed by atoms with van der Waals surface area (Å²) in [6.45, 7) is 3.05. The van der Waals surface area contributed by atoms with E-state index in [1.54, 1.807) is 11.0 Å². The van der Waals surface area contributed by atoms with Gasteiger partial charge in [0.1, 0.15) is 5.69 Å². The van der Waals surface area contributed by atoms with Crippen LogP contribution < -0.4 is 0 Å². The van der Waals surface area contributed by atoms with E-state index >= 15 is 0 Å². The Morgan fingerprint density at radius 1 is 1.38 bits per heavy atom. The number of morpholine rings is 1. The van der Waals surface area contributed by atoms with Crippen molar-refractivity contribution in [2.24, 2.45) is 0 Å². The lowest BCUT2D eigenvalue weighted by molar-refractivity contribution is -0.141. The van der Waals surface area contributed by atoms with E-state index in [0.717, 1.165) is 11.1 Å². The molecule has 1 aromatic heterocycles. The number of aryl methyl sites for hydroxylation is 1. The average molecular weight is 329 g/mol. The van der Waals surface area contributed by atoms with Crippen LogP contribution in [-0.2, 0) is 9.53 Å². The van der Waals surface area contributed by atoms with Crippen molar-refractivity contribution < 1.29 is 19.4 Å². The van der Waals surface area contributed by atoms with Crippen molar-refractivity contribution in [3.05, 3.63) is 41.6 Å². The van der Waals surface area contributed by atoms with Gasteiger partial charge in [-0.1, -0.05) is 29.8 Å². The third-order valence-corrected chi connectivity index (χ3v) is 3.98. The van der Waals surface area contributed by atoms with Crippen LogP contribution in [0.5, 0.6) is 0 Å². The Bertz CT molecular complexity index is 739. The number of carbonyl (C=O) groups is 2. The third kappa shape index (κ3) is 3.62. The number of amides is 1. The Kier molecular flexibility index (Phi) is 4.61. The largest absolute Gasteiger partial charge is 0.481 e. The first-order valence-electron chi connectivity index (χ1n) is 7.78. The molecule has 3 rings (SSSR count). The molecule has 2 N–H and O–H groups in total. The first kappa shape index (κ1) is 16.2. The van der Waals surface area contributed by atoms with E-state index in [1.807, 2.05) is 31.2 Å². The zero-order chi connectivity index (χ0) is 17.1. The Morgan fingerprint density at radius 3 is 2.83 bits per heavy atom. The molecule has 126 valence electrons. The highest BCUT2D eigenvalue weighted by atomic mass is 16.5. The summed E-state index contributed by atoms with van der Waals surface area (Å²) in [6.07, 6.45) is -0.582. The maximum atomic E-state index is 12.6. The van der Waals surface area contributed by atoms with Crippen LogP contribution in [0.4, 0.5) is 0 Å². The summed E-state index contributed by atoms with van der Waals surface area (Å²) in [5.41, 5.74) is 3.18. The predicted octanol–water partition coefficient (Wildman–Crippen LogP) is 1.70. The van der Waals surface area contributed by atoms with E-state index in [-0.39, 0.29) is 18.9 Å². The minimum absolute atomic E-state index is 0.110. The first-order chi connectivity index (χ1) is 11.5. The number of aromatic nitrogens is 2. The van der Waals surface area contributed by atoms with Crippen LogP contribution in [0.25, 0.3) is 11.3 Å². The van der Waals surface area contributed by atoms with Crippen molar-refractivity contribution >= 4 is 11.9 Å². The highest BCUT2D eigenvalue weighted by Gasteiger charge is 2.27. The maximum Gasteiger partial charge on any atom is 0.306 e. The van der Waals surface area contributed by atoms with Gasteiger partial charge in [0.2, 0.25) is 0 Å². The van der Waals surface area contributed by atoms with E-state index in [9.17, 15) is 9.59 Å². The Labute approximate surface area is 139 Å². The molecular weight excluding hydrogens is 310 g/mol. The number of aromatic amines is 1. The molecule has 0 saturated carbocycles. The van der Waals surface area contributed by atoms with Gasteiger partial charge < -0.3 is 14.7 Å². The topological polar surface area (TPSA) is 95.5 Å². The number of aliphatic carboxylic acids is 1. The molecule has 1 atom stereocenters. The normalized spacial score (nSPS) is 17.7. The second-order valence-corrected chi connectivity index (χ2v) is 5.87. The van der Waals surface area contributed by atoms with Crippen molar-refractivity contribution in [1.82, 2.24) is 15.1 Å².